The van der Waals surface area contributed by atoms with E-state index in [2.05, 4.69) is 61.9 Å². The summed E-state index contributed by atoms with van der Waals surface area (Å²) in [7, 11) is 2.11. The van der Waals surface area contributed by atoms with Crippen molar-refractivity contribution in [3.8, 4) is 0 Å². The van der Waals surface area contributed by atoms with E-state index >= 15 is 0 Å². The molecule has 1 aliphatic heterocycles. The van der Waals surface area contributed by atoms with Gasteiger partial charge >= 0.3 is 0 Å². The number of hydrogen-bond acceptors (Lipinski definition) is 6. The summed E-state index contributed by atoms with van der Waals surface area (Å²) in [5.74, 6) is -0.130. The minimum atomic E-state index is -0.407. The largest absolute Gasteiger partial charge is 0.393 e. The van der Waals surface area contributed by atoms with Gasteiger partial charge in [0.1, 0.15) is 17.7 Å². The zero-order valence-corrected chi connectivity index (χ0v) is 17.1. The average molecular weight is 444 g/mol. The van der Waals surface area contributed by atoms with Crippen molar-refractivity contribution < 1.29 is 4.39 Å². The fourth-order valence-electron chi connectivity index (χ4n) is 3.12. The number of nitrogens with one attached hydrogen (secondary N) is 1. The van der Waals surface area contributed by atoms with Gasteiger partial charge in [0.15, 0.2) is 16.8 Å². The highest BCUT2D eigenvalue weighted by atomic mass is 79.9. The molecule has 3 rings (SSSR count). The minimum absolute atomic E-state index is 0.126. The van der Waals surface area contributed by atoms with Crippen LogP contribution in [-0.4, -0.2) is 47.1 Å². The molecule has 1 saturated heterocycles. The van der Waals surface area contributed by atoms with Crippen LogP contribution in [-0.2, 0) is 0 Å². The molecule has 1 fully saturated rings. The van der Waals surface area contributed by atoms with Gasteiger partial charge in [-0.3, -0.25) is 4.90 Å². The third-order valence-corrected chi connectivity index (χ3v) is 5.77. The Bertz CT molecular complexity index is 808. The van der Waals surface area contributed by atoms with Gasteiger partial charge < -0.3 is 16.0 Å². The number of halogens is 3. The third kappa shape index (κ3) is 3.58. The Kier molecular flexibility index (Phi) is 5.55. The quantitative estimate of drug-likeness (QED) is 0.702. The van der Waals surface area contributed by atoms with Gasteiger partial charge in [-0.1, -0.05) is 11.6 Å². The molecule has 0 saturated carbocycles. The van der Waals surface area contributed by atoms with Crippen molar-refractivity contribution in [2.45, 2.75) is 25.9 Å². The summed E-state index contributed by atoms with van der Waals surface area (Å²) in [5, 5.41) is 3.13. The van der Waals surface area contributed by atoms with Gasteiger partial charge in [-0.15, -0.1) is 0 Å². The number of anilines is 4. The van der Waals surface area contributed by atoms with Crippen molar-refractivity contribution in [2.24, 2.45) is 0 Å². The molecule has 2 heterocycles. The number of hydrogen-bond donors (Lipinski definition) is 2. The first-order valence-corrected chi connectivity index (χ1v) is 9.44. The van der Waals surface area contributed by atoms with Crippen LogP contribution in [0.2, 0.25) is 5.15 Å². The first kappa shape index (κ1) is 19.1. The molecule has 0 aliphatic carbocycles. The fraction of sp³-hybridized carbons (Fsp3) is 0.412. The van der Waals surface area contributed by atoms with Gasteiger partial charge in [0, 0.05) is 25.2 Å². The van der Waals surface area contributed by atoms with Crippen LogP contribution < -0.4 is 16.0 Å². The van der Waals surface area contributed by atoms with Crippen LogP contribution in [0.15, 0.2) is 22.9 Å². The fourth-order valence-corrected chi connectivity index (χ4v) is 3.58. The summed E-state index contributed by atoms with van der Waals surface area (Å²) >= 11 is 9.21. The van der Waals surface area contributed by atoms with Crippen LogP contribution in [0.25, 0.3) is 0 Å². The van der Waals surface area contributed by atoms with Crippen LogP contribution in [0.1, 0.15) is 13.8 Å². The molecule has 1 aromatic heterocycles. The Hall–Kier alpha value is -1.64. The van der Waals surface area contributed by atoms with E-state index in [1.54, 1.807) is 6.07 Å². The summed E-state index contributed by atoms with van der Waals surface area (Å²) in [6, 6.07) is 4.28. The molecule has 2 aromatic rings. The molecule has 1 aliphatic rings. The predicted octanol–water partition coefficient (Wildman–Crippen LogP) is 3.89. The lowest BCUT2D eigenvalue weighted by atomic mass is 10.1. The number of likely N-dealkylation sites (N-methyl/N-ethyl adjacent to an activating group) is 1. The topological polar surface area (TPSA) is 70.3 Å². The number of piperazine rings is 1. The number of rotatable bonds is 3. The second-order valence-electron chi connectivity index (χ2n) is 6.58. The highest BCUT2D eigenvalue weighted by molar-refractivity contribution is 9.10. The van der Waals surface area contributed by atoms with E-state index in [0.29, 0.717) is 22.2 Å². The summed E-state index contributed by atoms with van der Waals surface area (Å²) in [6.45, 7) is 5.90. The number of benzene rings is 1. The van der Waals surface area contributed by atoms with Crippen LogP contribution >= 0.6 is 27.5 Å². The Morgan fingerprint density at radius 3 is 2.58 bits per heavy atom. The van der Waals surface area contributed by atoms with E-state index in [-0.39, 0.29) is 16.7 Å². The summed E-state index contributed by atoms with van der Waals surface area (Å²) in [4.78, 5) is 12.4. The van der Waals surface area contributed by atoms with Gasteiger partial charge in [-0.05, 0) is 49.0 Å². The van der Waals surface area contributed by atoms with E-state index in [9.17, 15) is 4.39 Å². The highest BCUT2D eigenvalue weighted by Gasteiger charge is 2.29. The standard InChI is InChI=1S/C17H21BrClFN6/c1-9-6-26(7-10(2)25(9)3)12-5-4-11(18)13(20)15(12)24-17-14(21)16(19)22-8-23-17/h4-5,8-10H,6-7,21H2,1-3H3,(H,22,23,24)/t9-,10+. The number of nitrogens with zero attached hydrogens (tertiary/aromatic N) is 4. The maximum absolute atomic E-state index is 14.9. The molecule has 0 amide bonds. The lowest BCUT2D eigenvalue weighted by molar-refractivity contribution is 0.170. The predicted molar refractivity (Wildman–Crippen MR) is 108 cm³/mol. The van der Waals surface area contributed by atoms with Crippen molar-refractivity contribution in [3.05, 3.63) is 33.9 Å². The van der Waals surface area contributed by atoms with Crippen molar-refractivity contribution in [3.63, 3.8) is 0 Å². The van der Waals surface area contributed by atoms with E-state index < -0.39 is 5.82 Å². The Morgan fingerprint density at radius 2 is 1.92 bits per heavy atom. The zero-order valence-electron chi connectivity index (χ0n) is 14.8. The van der Waals surface area contributed by atoms with Crippen LogP contribution in [0.3, 0.4) is 0 Å². The molecule has 0 radical (unpaired) electrons. The lowest BCUT2D eigenvalue weighted by Crippen LogP contribution is -2.55. The van der Waals surface area contributed by atoms with E-state index in [4.69, 9.17) is 17.3 Å². The second kappa shape index (κ2) is 7.54. The van der Waals surface area contributed by atoms with Gasteiger partial charge in [0.05, 0.1) is 10.2 Å². The van der Waals surface area contributed by atoms with E-state index in [1.165, 1.54) is 6.33 Å². The first-order chi connectivity index (χ1) is 12.3. The number of nitrogen functional groups attached to an aromatic ring is 1. The monoisotopic (exact) mass is 442 g/mol. The SMILES string of the molecule is C[C@@H]1CN(c2ccc(Br)c(F)c2Nc2ncnc(Cl)c2N)C[C@H](C)N1C. The molecule has 26 heavy (non-hydrogen) atoms. The Labute approximate surface area is 165 Å². The molecule has 2 atom stereocenters. The molecule has 3 N–H and O–H groups in total. The van der Waals surface area contributed by atoms with E-state index in [1.807, 2.05) is 6.07 Å². The maximum Gasteiger partial charge on any atom is 0.162 e. The average Bonchev–Trinajstić information content (AvgIpc) is 2.60. The van der Waals surface area contributed by atoms with Crippen molar-refractivity contribution in [1.82, 2.24) is 14.9 Å². The van der Waals surface area contributed by atoms with Gasteiger partial charge in [0.25, 0.3) is 0 Å². The molecule has 140 valence electrons. The number of nitrogens with two attached hydrogens (primary N) is 1. The molecule has 0 unspecified atom stereocenters. The Balaban J connectivity index is 2.02. The second-order valence-corrected chi connectivity index (χ2v) is 7.79. The van der Waals surface area contributed by atoms with Crippen molar-refractivity contribution in [2.75, 3.05) is 36.1 Å². The number of aromatic nitrogens is 2. The van der Waals surface area contributed by atoms with Gasteiger partial charge in [-0.2, -0.15) is 0 Å². The highest BCUT2D eigenvalue weighted by Crippen LogP contribution is 2.38. The van der Waals surface area contributed by atoms with E-state index in [0.717, 1.165) is 18.8 Å². The summed E-state index contributed by atoms with van der Waals surface area (Å²) < 4.78 is 15.3. The molecule has 9 heteroatoms. The molecule has 1 aromatic carbocycles. The third-order valence-electron chi connectivity index (χ3n) is 4.85. The normalized spacial score (nSPS) is 21.1. The Morgan fingerprint density at radius 1 is 1.27 bits per heavy atom. The maximum atomic E-state index is 14.9. The molecular formula is C17H21BrClFN6. The molecule has 6 nitrogen and oxygen atoms in total. The van der Waals surface area contributed by atoms with Gasteiger partial charge in [0.2, 0.25) is 0 Å². The molecule has 0 bridgehead atoms. The summed E-state index contributed by atoms with van der Waals surface area (Å²) in [6.07, 6.45) is 1.29. The van der Waals surface area contributed by atoms with Crippen molar-refractivity contribution >= 4 is 50.4 Å². The molecule has 0 spiro atoms. The zero-order chi connectivity index (χ0) is 19.0. The van der Waals surface area contributed by atoms with Crippen LogP contribution in [0, 0.1) is 5.82 Å². The van der Waals surface area contributed by atoms with Gasteiger partial charge in [-0.25, -0.2) is 14.4 Å². The lowest BCUT2D eigenvalue weighted by Gasteiger charge is -2.44. The minimum Gasteiger partial charge on any atom is -0.393 e. The first-order valence-electron chi connectivity index (χ1n) is 8.27. The van der Waals surface area contributed by atoms with Crippen LogP contribution in [0.4, 0.5) is 27.3 Å². The molecular weight excluding hydrogens is 423 g/mol. The van der Waals surface area contributed by atoms with Crippen molar-refractivity contribution in [1.29, 1.82) is 0 Å². The van der Waals surface area contributed by atoms with Crippen LogP contribution in [0.5, 0.6) is 0 Å². The summed E-state index contributed by atoms with van der Waals surface area (Å²) in [5.41, 5.74) is 7.18. The smallest absolute Gasteiger partial charge is 0.162 e.